The van der Waals surface area contributed by atoms with Crippen molar-refractivity contribution in [2.45, 2.75) is 71.6 Å². The topological polar surface area (TPSA) is 29.6 Å². The number of para-hydroxylation sites is 2. The van der Waals surface area contributed by atoms with Crippen molar-refractivity contribution in [2.75, 3.05) is 0 Å². The van der Waals surface area contributed by atoms with Gasteiger partial charge < -0.3 is 4.57 Å². The van der Waals surface area contributed by atoms with Crippen molar-refractivity contribution in [1.29, 1.82) is 0 Å². The molecule has 0 spiro atoms. The number of aromatic nitrogens is 1. The summed E-state index contributed by atoms with van der Waals surface area (Å²) in [6.07, 6.45) is 7.77. The molecular formula is C24H25N3S2. The predicted molar refractivity (Wildman–Crippen MR) is 121 cm³/mol. The molecule has 0 saturated heterocycles. The van der Waals surface area contributed by atoms with E-state index in [4.69, 9.17) is 9.98 Å². The van der Waals surface area contributed by atoms with Crippen LogP contribution in [0.15, 0.2) is 78.1 Å². The van der Waals surface area contributed by atoms with Gasteiger partial charge in [0, 0.05) is 16.3 Å². The van der Waals surface area contributed by atoms with E-state index in [0.717, 1.165) is 28.9 Å². The Balaban J connectivity index is 1.55. The van der Waals surface area contributed by atoms with E-state index in [1.165, 1.54) is 58.1 Å². The van der Waals surface area contributed by atoms with Gasteiger partial charge in [-0.2, -0.15) is 0 Å². The van der Waals surface area contributed by atoms with E-state index in [0.29, 0.717) is 0 Å². The molecule has 2 aromatic carbocycles. The first-order chi connectivity index (χ1) is 14.3. The van der Waals surface area contributed by atoms with E-state index in [2.05, 4.69) is 60.0 Å². The summed E-state index contributed by atoms with van der Waals surface area (Å²) in [5.74, 6) is 0. The third kappa shape index (κ3) is 3.66. The van der Waals surface area contributed by atoms with Gasteiger partial charge in [-0.1, -0.05) is 86.8 Å². The van der Waals surface area contributed by atoms with Gasteiger partial charge in [0.1, 0.15) is 11.0 Å². The van der Waals surface area contributed by atoms with Crippen molar-refractivity contribution in [2.24, 2.45) is 9.98 Å². The zero-order valence-corrected chi connectivity index (χ0v) is 18.4. The number of fused-ring (bicyclic) bond motifs is 5. The number of benzene rings is 2. The first kappa shape index (κ1) is 19.0. The molecule has 29 heavy (non-hydrogen) atoms. The second kappa shape index (κ2) is 8.41. The molecule has 0 amide bonds. The van der Waals surface area contributed by atoms with Gasteiger partial charge in [-0.3, -0.25) is 0 Å². The van der Waals surface area contributed by atoms with Crippen LogP contribution in [0.5, 0.6) is 0 Å². The largest absolute Gasteiger partial charge is 0.309 e. The lowest BCUT2D eigenvalue weighted by Gasteiger charge is -2.12. The quantitative estimate of drug-likeness (QED) is 0.275. The predicted octanol–water partition coefficient (Wildman–Crippen LogP) is 6.68. The smallest absolute Gasteiger partial charge is 0.150 e. The zero-order chi connectivity index (χ0) is 19.6. The van der Waals surface area contributed by atoms with E-state index in [-0.39, 0.29) is 0 Å². The van der Waals surface area contributed by atoms with Crippen LogP contribution in [0.2, 0.25) is 0 Å². The fourth-order valence-electron chi connectivity index (χ4n) is 3.94. The zero-order valence-electron chi connectivity index (χ0n) is 16.7. The van der Waals surface area contributed by atoms with Crippen LogP contribution in [-0.4, -0.2) is 4.57 Å². The third-order valence-corrected chi connectivity index (χ3v) is 7.91. The average molecular weight is 420 g/mol. The Morgan fingerprint density at radius 1 is 0.690 bits per heavy atom. The summed E-state index contributed by atoms with van der Waals surface area (Å²) in [4.78, 5) is 15.2. The minimum Gasteiger partial charge on any atom is -0.309 e. The molecule has 3 aromatic rings. The van der Waals surface area contributed by atoms with Crippen LogP contribution in [-0.2, 0) is 6.54 Å². The van der Waals surface area contributed by atoms with Gasteiger partial charge in [0.25, 0.3) is 0 Å². The lowest BCUT2D eigenvalue weighted by atomic mass is 10.1. The van der Waals surface area contributed by atoms with Gasteiger partial charge in [0.05, 0.1) is 21.2 Å². The van der Waals surface area contributed by atoms with E-state index in [1.807, 2.05) is 23.5 Å². The first-order valence-corrected chi connectivity index (χ1v) is 12.2. The van der Waals surface area contributed by atoms with Gasteiger partial charge in [0.2, 0.25) is 0 Å². The number of hydrogen-bond acceptors (Lipinski definition) is 4. The second-order valence-corrected chi connectivity index (χ2v) is 9.69. The van der Waals surface area contributed by atoms with E-state index >= 15 is 0 Å². The molecule has 1 aromatic heterocycles. The lowest BCUT2D eigenvalue weighted by molar-refractivity contribution is 0.537. The standard InChI is InChI=1S/C24H25N3S2/c1-2-3-4-5-6-11-16-27-23-21(28-19-14-9-7-12-17(19)25-23)22-24(27)26-18-13-8-10-15-20(18)29-22/h7-10,12-15H,2-6,11,16H2,1H3. The summed E-state index contributed by atoms with van der Waals surface area (Å²) < 4.78 is 2.37. The number of nitrogens with zero attached hydrogens (tertiary/aromatic N) is 3. The molecule has 0 radical (unpaired) electrons. The Labute approximate surface area is 180 Å². The van der Waals surface area contributed by atoms with Crippen LogP contribution in [0.3, 0.4) is 0 Å². The van der Waals surface area contributed by atoms with Crippen LogP contribution >= 0.6 is 23.5 Å². The highest BCUT2D eigenvalue weighted by Gasteiger charge is 2.26. The highest BCUT2D eigenvalue weighted by Crippen LogP contribution is 2.44. The van der Waals surface area contributed by atoms with Crippen molar-refractivity contribution in [1.82, 2.24) is 4.57 Å². The van der Waals surface area contributed by atoms with Crippen LogP contribution < -0.4 is 11.0 Å². The fraction of sp³-hybridized carbons (Fsp3) is 0.333. The molecule has 0 fully saturated rings. The highest BCUT2D eigenvalue weighted by molar-refractivity contribution is 8.02. The molecule has 3 heterocycles. The van der Waals surface area contributed by atoms with Crippen molar-refractivity contribution in [3.05, 3.63) is 59.5 Å². The summed E-state index contributed by atoms with van der Waals surface area (Å²) in [5.41, 5.74) is 4.34. The molecule has 148 valence electrons. The maximum absolute atomic E-state index is 5.07. The van der Waals surface area contributed by atoms with E-state index in [9.17, 15) is 0 Å². The van der Waals surface area contributed by atoms with Crippen LogP contribution in [0, 0.1) is 0 Å². The van der Waals surface area contributed by atoms with Gasteiger partial charge in [-0.05, 0) is 30.7 Å². The minimum atomic E-state index is 0.988. The van der Waals surface area contributed by atoms with Gasteiger partial charge in [-0.25, -0.2) is 9.98 Å². The van der Waals surface area contributed by atoms with Crippen molar-refractivity contribution < 1.29 is 0 Å². The molecule has 0 atom stereocenters. The lowest BCUT2D eigenvalue weighted by Crippen LogP contribution is -2.29. The van der Waals surface area contributed by atoms with Gasteiger partial charge in [0.15, 0.2) is 0 Å². The first-order valence-electron chi connectivity index (χ1n) is 10.6. The Hall–Kier alpha value is -1.98. The second-order valence-electron chi connectivity index (χ2n) is 7.59. The van der Waals surface area contributed by atoms with E-state index in [1.54, 1.807) is 0 Å². The molecule has 3 nitrogen and oxygen atoms in total. The Morgan fingerprint density at radius 2 is 1.21 bits per heavy atom. The number of rotatable bonds is 7. The van der Waals surface area contributed by atoms with Crippen LogP contribution in [0.25, 0.3) is 0 Å². The molecule has 5 rings (SSSR count). The maximum atomic E-state index is 5.07. The van der Waals surface area contributed by atoms with Crippen molar-refractivity contribution in [3.63, 3.8) is 0 Å². The maximum Gasteiger partial charge on any atom is 0.150 e. The summed E-state index contributed by atoms with van der Waals surface area (Å²) in [6, 6.07) is 16.9. The molecule has 0 aliphatic carbocycles. The van der Waals surface area contributed by atoms with E-state index < -0.39 is 0 Å². The highest BCUT2D eigenvalue weighted by atomic mass is 32.2. The average Bonchev–Trinajstić information content (AvgIpc) is 3.05. The van der Waals surface area contributed by atoms with Gasteiger partial charge in [-0.15, -0.1) is 0 Å². The van der Waals surface area contributed by atoms with Gasteiger partial charge >= 0.3 is 0 Å². The molecular weight excluding hydrogens is 394 g/mol. The number of hydrogen-bond donors (Lipinski definition) is 0. The monoisotopic (exact) mass is 419 g/mol. The third-order valence-electron chi connectivity index (χ3n) is 5.47. The Bertz CT molecular complexity index is 1080. The van der Waals surface area contributed by atoms with Crippen molar-refractivity contribution in [3.8, 4) is 0 Å². The molecule has 0 saturated carbocycles. The Morgan fingerprint density at radius 3 is 1.79 bits per heavy atom. The molecule has 0 unspecified atom stereocenters. The Kier molecular flexibility index (Phi) is 5.51. The molecule has 0 N–H and O–H groups in total. The van der Waals surface area contributed by atoms with Crippen molar-refractivity contribution >= 4 is 34.9 Å². The summed E-state index contributed by atoms with van der Waals surface area (Å²) in [5, 5.41) is 0. The molecule has 0 bridgehead atoms. The summed E-state index contributed by atoms with van der Waals surface area (Å²) >= 11 is 3.70. The van der Waals surface area contributed by atoms with Crippen LogP contribution in [0.4, 0.5) is 11.4 Å². The normalized spacial score (nSPS) is 13.6. The summed E-state index contributed by atoms with van der Waals surface area (Å²) in [7, 11) is 0. The minimum absolute atomic E-state index is 0.988. The SMILES string of the molecule is CCCCCCCCn1c2c(c3c1=Nc1ccccc1S3)Sc1ccccc1N=2. The molecule has 2 aliphatic heterocycles. The van der Waals surface area contributed by atoms with Crippen LogP contribution in [0.1, 0.15) is 45.4 Å². The fourth-order valence-corrected chi connectivity index (χ4v) is 6.22. The molecule has 5 heteroatoms. The number of unbranched alkanes of at least 4 members (excludes halogenated alkanes) is 5. The summed E-state index contributed by atoms with van der Waals surface area (Å²) in [6.45, 7) is 3.26. The molecule has 2 aliphatic rings.